The summed E-state index contributed by atoms with van der Waals surface area (Å²) in [7, 11) is 0. The van der Waals surface area contributed by atoms with Gasteiger partial charge in [-0.25, -0.2) is 4.98 Å². The van der Waals surface area contributed by atoms with Crippen LogP contribution in [-0.2, 0) is 0 Å². The highest BCUT2D eigenvalue weighted by molar-refractivity contribution is 5.15. The van der Waals surface area contributed by atoms with Crippen LogP contribution in [0.4, 0.5) is 0 Å². The van der Waals surface area contributed by atoms with Crippen LogP contribution < -0.4 is 0 Å². The Hall–Kier alpha value is -0.790. The molecule has 1 radical (unpaired) electrons. The predicted octanol–water partition coefficient (Wildman–Crippen LogP) is 1.10. The van der Waals surface area contributed by atoms with E-state index in [4.69, 9.17) is 0 Å². The summed E-state index contributed by atoms with van der Waals surface area (Å²) in [6.07, 6.45) is 7.09. The van der Waals surface area contributed by atoms with E-state index in [0.717, 1.165) is 5.82 Å². The van der Waals surface area contributed by atoms with Gasteiger partial charge in [0, 0.05) is 18.3 Å². The molecule has 1 heterocycles. The molecule has 0 aliphatic heterocycles. The fourth-order valence-corrected chi connectivity index (χ4v) is 0.772. The molecule has 0 aromatic carbocycles. The van der Waals surface area contributed by atoms with E-state index in [9.17, 15) is 0 Å². The fraction of sp³-hybridized carbons (Fsp3) is 0.333. The van der Waals surface area contributed by atoms with Gasteiger partial charge in [-0.3, -0.25) is 0 Å². The van der Waals surface area contributed by atoms with Gasteiger partial charge in [-0.15, -0.1) is 0 Å². The zero-order valence-corrected chi connectivity index (χ0v) is 4.46. The predicted molar refractivity (Wildman–Crippen MR) is 30.2 cm³/mol. The first kappa shape index (κ1) is 4.13. The van der Waals surface area contributed by atoms with Gasteiger partial charge >= 0.3 is 0 Å². The molecule has 2 nitrogen and oxygen atoms in total. The summed E-state index contributed by atoms with van der Waals surface area (Å²) in [5.74, 6) is 1.76. The third-order valence-corrected chi connectivity index (χ3v) is 1.34. The minimum atomic E-state index is 0.644. The standard InChI is InChI=1S/C6H7N2/c1-2-5(1)6-7-3-4-8-6/h1,3-5H,2H2,(H,7,8). The topological polar surface area (TPSA) is 28.7 Å². The first-order valence-corrected chi connectivity index (χ1v) is 2.79. The Labute approximate surface area is 47.9 Å². The molecule has 1 atom stereocenters. The molecule has 0 spiro atoms. The molecule has 1 aromatic rings. The van der Waals surface area contributed by atoms with Crippen molar-refractivity contribution in [3.8, 4) is 0 Å². The van der Waals surface area contributed by atoms with Crippen molar-refractivity contribution in [2.75, 3.05) is 0 Å². The lowest BCUT2D eigenvalue weighted by molar-refractivity contribution is 0.997. The Morgan fingerprint density at radius 2 is 2.62 bits per heavy atom. The van der Waals surface area contributed by atoms with E-state index in [2.05, 4.69) is 16.4 Å². The van der Waals surface area contributed by atoms with Crippen LogP contribution in [0.15, 0.2) is 12.4 Å². The van der Waals surface area contributed by atoms with Gasteiger partial charge in [-0.1, -0.05) is 0 Å². The summed E-state index contributed by atoms with van der Waals surface area (Å²) in [5.41, 5.74) is 0. The van der Waals surface area contributed by atoms with E-state index in [1.54, 1.807) is 6.20 Å². The summed E-state index contributed by atoms with van der Waals surface area (Å²) in [4.78, 5) is 7.15. The lowest BCUT2D eigenvalue weighted by Gasteiger charge is -1.82. The third-order valence-electron chi connectivity index (χ3n) is 1.34. The highest BCUT2D eigenvalue weighted by atomic mass is 14.9. The van der Waals surface area contributed by atoms with Crippen LogP contribution in [0.25, 0.3) is 0 Å². The molecule has 1 saturated carbocycles. The number of H-pyrrole nitrogens is 1. The summed E-state index contributed by atoms with van der Waals surface area (Å²) in [6.45, 7) is 0. The second-order valence-corrected chi connectivity index (χ2v) is 2.05. The van der Waals surface area contributed by atoms with Gasteiger partial charge in [0.2, 0.25) is 0 Å². The van der Waals surface area contributed by atoms with Gasteiger partial charge in [0.05, 0.1) is 0 Å². The van der Waals surface area contributed by atoms with Crippen molar-refractivity contribution in [3.05, 3.63) is 24.6 Å². The monoisotopic (exact) mass is 107 g/mol. The molecule has 0 saturated heterocycles. The van der Waals surface area contributed by atoms with Gasteiger partial charge in [0.25, 0.3) is 0 Å². The van der Waals surface area contributed by atoms with Crippen LogP contribution in [0, 0.1) is 6.42 Å². The zero-order valence-electron chi connectivity index (χ0n) is 4.46. The summed E-state index contributed by atoms with van der Waals surface area (Å²) >= 11 is 0. The molecular formula is C6H7N2. The Balaban J connectivity index is 2.28. The Kier molecular flexibility index (Phi) is 0.692. The second-order valence-electron chi connectivity index (χ2n) is 2.05. The van der Waals surface area contributed by atoms with E-state index in [1.807, 2.05) is 6.20 Å². The van der Waals surface area contributed by atoms with Crippen molar-refractivity contribution < 1.29 is 0 Å². The van der Waals surface area contributed by atoms with E-state index in [-0.39, 0.29) is 0 Å². The highest BCUT2D eigenvalue weighted by Gasteiger charge is 2.25. The molecule has 8 heavy (non-hydrogen) atoms. The molecule has 2 rings (SSSR count). The smallest absolute Gasteiger partial charge is 0.109 e. The lowest BCUT2D eigenvalue weighted by Crippen LogP contribution is -1.78. The normalized spacial score (nSPS) is 19.0. The molecule has 1 unspecified atom stereocenters. The number of aromatic amines is 1. The quantitative estimate of drug-likeness (QED) is 0.572. The van der Waals surface area contributed by atoms with Crippen LogP contribution in [0.3, 0.4) is 0 Å². The zero-order chi connectivity index (χ0) is 5.40. The van der Waals surface area contributed by atoms with Crippen LogP contribution in [-0.4, -0.2) is 9.97 Å². The van der Waals surface area contributed by atoms with Gasteiger partial charge < -0.3 is 4.98 Å². The molecule has 1 aromatic heterocycles. The molecule has 1 N–H and O–H groups in total. The number of nitrogens with one attached hydrogen (secondary N) is 1. The molecule has 1 aliphatic carbocycles. The maximum absolute atomic E-state index is 4.09. The van der Waals surface area contributed by atoms with Crippen molar-refractivity contribution in [1.29, 1.82) is 0 Å². The Bertz CT molecular complexity index is 163. The highest BCUT2D eigenvalue weighted by Crippen LogP contribution is 2.36. The van der Waals surface area contributed by atoms with Crippen LogP contribution >= 0.6 is 0 Å². The average Bonchev–Trinajstić information content (AvgIpc) is 2.49. The Morgan fingerprint density at radius 1 is 1.75 bits per heavy atom. The van der Waals surface area contributed by atoms with E-state index < -0.39 is 0 Å². The van der Waals surface area contributed by atoms with Crippen molar-refractivity contribution in [1.82, 2.24) is 9.97 Å². The van der Waals surface area contributed by atoms with Gasteiger partial charge in [0.15, 0.2) is 0 Å². The number of rotatable bonds is 1. The molecule has 1 fully saturated rings. The van der Waals surface area contributed by atoms with Crippen LogP contribution in [0.2, 0.25) is 0 Å². The van der Waals surface area contributed by atoms with E-state index in [0.29, 0.717) is 5.92 Å². The van der Waals surface area contributed by atoms with Crippen LogP contribution in [0.1, 0.15) is 18.2 Å². The summed E-state index contributed by atoms with van der Waals surface area (Å²) < 4.78 is 0. The molecule has 0 amide bonds. The van der Waals surface area contributed by atoms with Crippen molar-refractivity contribution >= 4 is 0 Å². The van der Waals surface area contributed by atoms with E-state index in [1.165, 1.54) is 6.42 Å². The minimum absolute atomic E-state index is 0.644. The van der Waals surface area contributed by atoms with Crippen molar-refractivity contribution in [3.63, 3.8) is 0 Å². The summed E-state index contributed by atoms with van der Waals surface area (Å²) in [6, 6.07) is 0. The number of nitrogens with zero attached hydrogens (tertiary/aromatic N) is 1. The minimum Gasteiger partial charge on any atom is -0.348 e. The van der Waals surface area contributed by atoms with Crippen molar-refractivity contribution in [2.24, 2.45) is 0 Å². The first-order valence-electron chi connectivity index (χ1n) is 2.79. The SMILES string of the molecule is [CH]1CC1c1ncc[nH]1. The second kappa shape index (κ2) is 1.34. The van der Waals surface area contributed by atoms with Crippen molar-refractivity contribution in [2.45, 2.75) is 12.3 Å². The van der Waals surface area contributed by atoms with Gasteiger partial charge in [-0.2, -0.15) is 0 Å². The lowest BCUT2D eigenvalue weighted by atomic mass is 10.4. The fourth-order valence-electron chi connectivity index (χ4n) is 0.772. The summed E-state index contributed by atoms with van der Waals surface area (Å²) in [5, 5.41) is 0. The molecular weight excluding hydrogens is 100 g/mol. The Morgan fingerprint density at radius 3 is 3.12 bits per heavy atom. The number of aromatic nitrogens is 2. The molecule has 1 aliphatic rings. The third kappa shape index (κ3) is 0.529. The molecule has 41 valence electrons. The maximum Gasteiger partial charge on any atom is 0.109 e. The molecule has 0 bridgehead atoms. The number of hydrogen-bond acceptors (Lipinski definition) is 1. The van der Waals surface area contributed by atoms with E-state index >= 15 is 0 Å². The molecule has 2 heteroatoms. The van der Waals surface area contributed by atoms with Crippen LogP contribution in [0.5, 0.6) is 0 Å². The number of imidazole rings is 1. The maximum atomic E-state index is 4.09. The average molecular weight is 107 g/mol. The largest absolute Gasteiger partial charge is 0.348 e. The van der Waals surface area contributed by atoms with Gasteiger partial charge in [0.1, 0.15) is 5.82 Å². The first-order chi connectivity index (χ1) is 3.97. The number of hydrogen-bond donors (Lipinski definition) is 1. The van der Waals surface area contributed by atoms with Gasteiger partial charge in [-0.05, 0) is 12.8 Å².